The molecular formula is C53H36N2. The number of nitrogens with zero attached hydrogens (tertiary/aromatic N) is 2. The van der Waals surface area contributed by atoms with E-state index in [2.05, 4.69) is 228 Å². The fourth-order valence-corrected chi connectivity index (χ4v) is 9.28. The quantitative estimate of drug-likeness (QED) is 0.168. The molecule has 0 aliphatic heterocycles. The van der Waals surface area contributed by atoms with Gasteiger partial charge in [0.15, 0.2) is 0 Å². The summed E-state index contributed by atoms with van der Waals surface area (Å²) >= 11 is 0. The number of fused-ring (bicyclic) bond motifs is 7. The van der Waals surface area contributed by atoms with Crippen LogP contribution in [0.4, 0.5) is 17.1 Å². The topological polar surface area (TPSA) is 8.17 Å². The standard InChI is InChI=1S/C53H36N2/c1-5-19-39(20-6-1)53(40-21-7-2-8-22-40)49-32-30-43(35-48(49)47-33-37-17-13-14-18-38(37)34-50(47)53)54(41-23-9-3-10-24-41)44-29-31-46-45-27-15-16-28-51(45)55(52(46)36-44)42-25-11-4-12-26-42/h1-36H. The van der Waals surface area contributed by atoms with Crippen LogP contribution in [0.25, 0.3) is 49.4 Å². The van der Waals surface area contributed by atoms with Crippen molar-refractivity contribution in [2.24, 2.45) is 0 Å². The van der Waals surface area contributed by atoms with E-state index in [-0.39, 0.29) is 0 Å². The fraction of sp³-hybridized carbons (Fsp3) is 0.0189. The zero-order valence-corrected chi connectivity index (χ0v) is 30.2. The van der Waals surface area contributed by atoms with Gasteiger partial charge in [0.25, 0.3) is 0 Å². The van der Waals surface area contributed by atoms with Crippen molar-refractivity contribution in [3.8, 4) is 16.8 Å². The van der Waals surface area contributed by atoms with Gasteiger partial charge in [0.2, 0.25) is 0 Å². The molecule has 1 aliphatic carbocycles. The molecule has 0 atom stereocenters. The minimum atomic E-state index is -0.483. The largest absolute Gasteiger partial charge is 0.310 e. The highest BCUT2D eigenvalue weighted by atomic mass is 15.1. The van der Waals surface area contributed by atoms with Gasteiger partial charge in [-0.2, -0.15) is 0 Å². The van der Waals surface area contributed by atoms with Crippen LogP contribution < -0.4 is 4.90 Å². The molecule has 1 aromatic heterocycles. The smallest absolute Gasteiger partial charge is 0.0713 e. The summed E-state index contributed by atoms with van der Waals surface area (Å²) in [5, 5.41) is 4.98. The summed E-state index contributed by atoms with van der Waals surface area (Å²) in [6.07, 6.45) is 0. The lowest BCUT2D eigenvalue weighted by Crippen LogP contribution is -2.28. The Morgan fingerprint density at radius 2 is 0.873 bits per heavy atom. The maximum Gasteiger partial charge on any atom is 0.0713 e. The van der Waals surface area contributed by atoms with Gasteiger partial charge in [-0.3, -0.25) is 0 Å². The van der Waals surface area contributed by atoms with Crippen LogP contribution in [-0.4, -0.2) is 4.57 Å². The third kappa shape index (κ3) is 4.75. The number of aromatic nitrogens is 1. The number of rotatable bonds is 6. The molecule has 0 fully saturated rings. The van der Waals surface area contributed by atoms with Crippen molar-refractivity contribution in [2.45, 2.75) is 5.41 Å². The third-order valence-corrected chi connectivity index (χ3v) is 11.6. The van der Waals surface area contributed by atoms with Gasteiger partial charge in [0.1, 0.15) is 0 Å². The van der Waals surface area contributed by atoms with Gasteiger partial charge in [-0.15, -0.1) is 0 Å². The first-order chi connectivity index (χ1) is 27.3. The van der Waals surface area contributed by atoms with Crippen LogP contribution in [0, 0.1) is 0 Å². The average Bonchev–Trinajstić information content (AvgIpc) is 3.74. The van der Waals surface area contributed by atoms with E-state index >= 15 is 0 Å². The van der Waals surface area contributed by atoms with Gasteiger partial charge in [-0.25, -0.2) is 0 Å². The molecule has 0 N–H and O–H groups in total. The highest BCUT2D eigenvalue weighted by molar-refractivity contribution is 6.10. The van der Waals surface area contributed by atoms with Gasteiger partial charge >= 0.3 is 0 Å². The molecular weight excluding hydrogens is 665 g/mol. The number of hydrogen-bond acceptors (Lipinski definition) is 1. The molecule has 9 aromatic carbocycles. The minimum Gasteiger partial charge on any atom is -0.310 e. The predicted molar refractivity (Wildman–Crippen MR) is 230 cm³/mol. The number of benzene rings is 9. The van der Waals surface area contributed by atoms with Gasteiger partial charge in [-0.05, 0) is 111 Å². The Morgan fingerprint density at radius 3 is 1.58 bits per heavy atom. The van der Waals surface area contributed by atoms with Crippen molar-refractivity contribution < 1.29 is 0 Å². The summed E-state index contributed by atoms with van der Waals surface area (Å²) < 4.78 is 2.40. The lowest BCUT2D eigenvalue weighted by atomic mass is 9.67. The third-order valence-electron chi connectivity index (χ3n) is 11.6. The van der Waals surface area contributed by atoms with E-state index < -0.39 is 5.41 Å². The SMILES string of the molecule is c1ccc(N(c2ccc3c(c2)-c2cc4ccccc4cc2C3(c2ccccc2)c2ccccc2)c2ccc3c4ccccc4n(-c4ccccc4)c3c2)cc1. The second-order valence-electron chi connectivity index (χ2n) is 14.5. The van der Waals surface area contributed by atoms with Crippen LogP contribution in [0.2, 0.25) is 0 Å². The first kappa shape index (κ1) is 31.4. The summed E-state index contributed by atoms with van der Waals surface area (Å²) in [7, 11) is 0. The molecule has 55 heavy (non-hydrogen) atoms. The molecule has 258 valence electrons. The van der Waals surface area contributed by atoms with Crippen molar-refractivity contribution in [1.29, 1.82) is 0 Å². The summed E-state index contributed by atoms with van der Waals surface area (Å²) in [6.45, 7) is 0. The highest BCUT2D eigenvalue weighted by Crippen LogP contribution is 2.58. The number of para-hydroxylation sites is 3. The fourth-order valence-electron chi connectivity index (χ4n) is 9.28. The molecule has 0 saturated carbocycles. The Morgan fingerprint density at radius 1 is 0.345 bits per heavy atom. The second kappa shape index (κ2) is 12.5. The highest BCUT2D eigenvalue weighted by Gasteiger charge is 2.46. The summed E-state index contributed by atoms with van der Waals surface area (Å²) in [6, 6.07) is 80.1. The van der Waals surface area contributed by atoms with Crippen LogP contribution in [-0.2, 0) is 5.41 Å². The second-order valence-corrected chi connectivity index (χ2v) is 14.5. The van der Waals surface area contributed by atoms with Gasteiger partial charge in [-0.1, -0.05) is 152 Å². The van der Waals surface area contributed by atoms with Crippen molar-refractivity contribution in [2.75, 3.05) is 4.90 Å². The van der Waals surface area contributed by atoms with Crippen molar-refractivity contribution in [1.82, 2.24) is 4.57 Å². The van der Waals surface area contributed by atoms with E-state index in [4.69, 9.17) is 0 Å². The van der Waals surface area contributed by atoms with Crippen LogP contribution in [0.5, 0.6) is 0 Å². The molecule has 0 amide bonds. The van der Waals surface area contributed by atoms with Crippen LogP contribution in [0.3, 0.4) is 0 Å². The van der Waals surface area contributed by atoms with Crippen LogP contribution >= 0.6 is 0 Å². The maximum absolute atomic E-state index is 2.44. The van der Waals surface area contributed by atoms with Gasteiger partial charge < -0.3 is 9.47 Å². The molecule has 0 unspecified atom stereocenters. The van der Waals surface area contributed by atoms with E-state index in [1.54, 1.807) is 0 Å². The molecule has 11 rings (SSSR count). The molecule has 1 aliphatic rings. The van der Waals surface area contributed by atoms with E-state index in [9.17, 15) is 0 Å². The average molecular weight is 701 g/mol. The van der Waals surface area contributed by atoms with Crippen molar-refractivity contribution in [3.05, 3.63) is 241 Å². The molecule has 0 bridgehead atoms. The number of hydrogen-bond donors (Lipinski definition) is 0. The first-order valence-electron chi connectivity index (χ1n) is 19.0. The molecule has 0 saturated heterocycles. The normalized spacial score (nSPS) is 12.9. The van der Waals surface area contributed by atoms with Crippen LogP contribution in [0.15, 0.2) is 218 Å². The first-order valence-corrected chi connectivity index (χ1v) is 19.0. The van der Waals surface area contributed by atoms with E-state index in [1.165, 1.54) is 66.0 Å². The lowest BCUT2D eigenvalue weighted by molar-refractivity contribution is 0.769. The zero-order chi connectivity index (χ0) is 36.3. The molecule has 0 spiro atoms. The van der Waals surface area contributed by atoms with Crippen molar-refractivity contribution >= 4 is 49.6 Å². The molecule has 0 radical (unpaired) electrons. The molecule has 2 heteroatoms. The summed E-state index contributed by atoms with van der Waals surface area (Å²) in [4.78, 5) is 2.42. The molecule has 1 heterocycles. The Hall–Kier alpha value is -7.16. The Bertz CT molecular complexity index is 2980. The maximum atomic E-state index is 2.44. The van der Waals surface area contributed by atoms with Gasteiger partial charge in [0, 0.05) is 33.5 Å². The van der Waals surface area contributed by atoms with Crippen LogP contribution in [0.1, 0.15) is 22.3 Å². The Kier molecular flexibility index (Phi) is 7.11. The van der Waals surface area contributed by atoms with Crippen molar-refractivity contribution in [3.63, 3.8) is 0 Å². The predicted octanol–water partition coefficient (Wildman–Crippen LogP) is 13.8. The van der Waals surface area contributed by atoms with E-state index in [1.807, 2.05) is 0 Å². The zero-order valence-electron chi connectivity index (χ0n) is 30.2. The van der Waals surface area contributed by atoms with E-state index in [0.717, 1.165) is 22.7 Å². The number of anilines is 3. The summed E-state index contributed by atoms with van der Waals surface area (Å²) in [5.41, 5.74) is 14.0. The Labute approximate surface area is 320 Å². The molecule has 2 nitrogen and oxygen atoms in total. The monoisotopic (exact) mass is 700 g/mol. The lowest BCUT2D eigenvalue weighted by Gasteiger charge is -2.34. The Balaban J connectivity index is 1.19. The summed E-state index contributed by atoms with van der Waals surface area (Å²) in [5.74, 6) is 0. The van der Waals surface area contributed by atoms with Gasteiger partial charge in [0.05, 0.1) is 16.4 Å². The van der Waals surface area contributed by atoms with E-state index in [0.29, 0.717) is 0 Å². The minimum absolute atomic E-state index is 0.483. The molecule has 10 aromatic rings.